The third-order valence-corrected chi connectivity index (χ3v) is 3.13. The van der Waals surface area contributed by atoms with Crippen LogP contribution in [-0.4, -0.2) is 24.0 Å². The molecule has 0 amide bonds. The lowest BCUT2D eigenvalue weighted by Gasteiger charge is -2.29. The van der Waals surface area contributed by atoms with Crippen LogP contribution >= 0.6 is 0 Å². The molecule has 0 aliphatic carbocycles. The van der Waals surface area contributed by atoms with Gasteiger partial charge in [-0.15, -0.1) is 0 Å². The SMILES string of the molecule is CCCCC(C)CN(CCCC)C(C)C. The van der Waals surface area contributed by atoms with Crippen molar-refractivity contribution in [2.75, 3.05) is 13.1 Å². The second kappa shape index (κ2) is 9.21. The van der Waals surface area contributed by atoms with E-state index in [0.717, 1.165) is 5.92 Å². The van der Waals surface area contributed by atoms with Gasteiger partial charge in [-0.3, -0.25) is 0 Å². The fourth-order valence-corrected chi connectivity index (χ4v) is 1.97. The third-order valence-electron chi connectivity index (χ3n) is 3.13. The van der Waals surface area contributed by atoms with E-state index in [9.17, 15) is 0 Å². The number of hydrogen-bond acceptors (Lipinski definition) is 1. The molecule has 0 aromatic heterocycles. The summed E-state index contributed by atoms with van der Waals surface area (Å²) in [6.45, 7) is 14.2. The van der Waals surface area contributed by atoms with Crippen LogP contribution in [0.2, 0.25) is 0 Å². The second-order valence-corrected chi connectivity index (χ2v) is 5.19. The minimum absolute atomic E-state index is 0.709. The van der Waals surface area contributed by atoms with Crippen LogP contribution in [0.4, 0.5) is 0 Å². The lowest BCUT2D eigenvalue weighted by molar-refractivity contribution is 0.185. The van der Waals surface area contributed by atoms with Crippen LogP contribution in [0, 0.1) is 5.92 Å². The molecule has 0 aromatic rings. The highest BCUT2D eigenvalue weighted by Gasteiger charge is 2.12. The van der Waals surface area contributed by atoms with Gasteiger partial charge >= 0.3 is 0 Å². The molecule has 0 heterocycles. The highest BCUT2D eigenvalue weighted by atomic mass is 15.1. The van der Waals surface area contributed by atoms with Crippen molar-refractivity contribution in [2.24, 2.45) is 5.92 Å². The molecule has 92 valence electrons. The van der Waals surface area contributed by atoms with Gasteiger partial charge in [-0.2, -0.15) is 0 Å². The molecule has 0 aromatic carbocycles. The zero-order valence-corrected chi connectivity index (χ0v) is 11.6. The fourth-order valence-electron chi connectivity index (χ4n) is 1.97. The lowest BCUT2D eigenvalue weighted by Crippen LogP contribution is -2.35. The van der Waals surface area contributed by atoms with Gasteiger partial charge in [-0.1, -0.05) is 40.0 Å². The molecular formula is C14H31N. The minimum Gasteiger partial charge on any atom is -0.301 e. The standard InChI is InChI=1S/C14H31N/c1-6-8-10-14(5)12-15(13(3)4)11-9-7-2/h13-14H,6-12H2,1-5H3. The molecule has 0 radical (unpaired) electrons. The summed E-state index contributed by atoms with van der Waals surface area (Å²) < 4.78 is 0. The Labute approximate surface area is 97.2 Å². The maximum Gasteiger partial charge on any atom is 0.00387 e. The van der Waals surface area contributed by atoms with E-state index in [-0.39, 0.29) is 0 Å². The van der Waals surface area contributed by atoms with Crippen LogP contribution in [0.3, 0.4) is 0 Å². The predicted octanol–water partition coefficient (Wildman–Crippen LogP) is 4.32. The summed E-state index contributed by atoms with van der Waals surface area (Å²) in [6.07, 6.45) is 6.78. The largest absolute Gasteiger partial charge is 0.301 e. The Morgan fingerprint density at radius 3 is 2.00 bits per heavy atom. The molecule has 0 N–H and O–H groups in total. The van der Waals surface area contributed by atoms with Crippen molar-refractivity contribution in [2.45, 2.75) is 72.8 Å². The zero-order chi connectivity index (χ0) is 11.7. The highest BCUT2D eigenvalue weighted by molar-refractivity contribution is 4.66. The van der Waals surface area contributed by atoms with Gasteiger partial charge in [-0.25, -0.2) is 0 Å². The average molecular weight is 213 g/mol. The van der Waals surface area contributed by atoms with Gasteiger partial charge in [0.25, 0.3) is 0 Å². The third kappa shape index (κ3) is 7.84. The van der Waals surface area contributed by atoms with E-state index in [2.05, 4.69) is 39.5 Å². The molecule has 0 saturated carbocycles. The van der Waals surface area contributed by atoms with Gasteiger partial charge < -0.3 is 4.90 Å². The van der Waals surface area contributed by atoms with Crippen molar-refractivity contribution in [3.8, 4) is 0 Å². The van der Waals surface area contributed by atoms with Crippen LogP contribution in [0.5, 0.6) is 0 Å². The van der Waals surface area contributed by atoms with E-state index in [4.69, 9.17) is 0 Å². The van der Waals surface area contributed by atoms with Gasteiger partial charge in [0.05, 0.1) is 0 Å². The van der Waals surface area contributed by atoms with Gasteiger partial charge in [0, 0.05) is 12.6 Å². The maximum atomic E-state index is 2.64. The summed E-state index contributed by atoms with van der Waals surface area (Å²) in [4.78, 5) is 2.64. The first-order valence-electron chi connectivity index (χ1n) is 6.85. The van der Waals surface area contributed by atoms with Gasteiger partial charge in [-0.05, 0) is 39.2 Å². The van der Waals surface area contributed by atoms with Crippen molar-refractivity contribution in [3.05, 3.63) is 0 Å². The summed E-state index contributed by atoms with van der Waals surface area (Å²) >= 11 is 0. The zero-order valence-electron chi connectivity index (χ0n) is 11.6. The minimum atomic E-state index is 0.709. The second-order valence-electron chi connectivity index (χ2n) is 5.19. The van der Waals surface area contributed by atoms with E-state index in [1.54, 1.807) is 0 Å². The van der Waals surface area contributed by atoms with E-state index in [1.165, 1.54) is 45.2 Å². The first-order chi connectivity index (χ1) is 7.11. The molecule has 0 aliphatic rings. The van der Waals surface area contributed by atoms with E-state index >= 15 is 0 Å². The average Bonchev–Trinajstić information content (AvgIpc) is 2.20. The molecular weight excluding hydrogens is 182 g/mol. The van der Waals surface area contributed by atoms with Crippen molar-refractivity contribution in [3.63, 3.8) is 0 Å². The first-order valence-corrected chi connectivity index (χ1v) is 6.85. The maximum absolute atomic E-state index is 2.64. The molecule has 0 spiro atoms. The number of rotatable bonds is 9. The van der Waals surface area contributed by atoms with Crippen LogP contribution in [0.15, 0.2) is 0 Å². The molecule has 0 bridgehead atoms. The summed E-state index contributed by atoms with van der Waals surface area (Å²) in [5.41, 5.74) is 0. The molecule has 0 aliphatic heterocycles. The summed E-state index contributed by atoms with van der Waals surface area (Å²) in [5.74, 6) is 0.865. The monoisotopic (exact) mass is 213 g/mol. The van der Waals surface area contributed by atoms with Crippen LogP contribution in [-0.2, 0) is 0 Å². The Kier molecular flexibility index (Phi) is 9.18. The number of hydrogen-bond donors (Lipinski definition) is 0. The number of nitrogens with zero attached hydrogens (tertiary/aromatic N) is 1. The molecule has 0 rings (SSSR count). The smallest absolute Gasteiger partial charge is 0.00387 e. The van der Waals surface area contributed by atoms with Crippen LogP contribution < -0.4 is 0 Å². The highest BCUT2D eigenvalue weighted by Crippen LogP contribution is 2.12. The van der Waals surface area contributed by atoms with Crippen molar-refractivity contribution >= 4 is 0 Å². The predicted molar refractivity (Wildman–Crippen MR) is 70.3 cm³/mol. The molecule has 0 saturated heterocycles. The first kappa shape index (κ1) is 15.0. The Hall–Kier alpha value is -0.0400. The number of unbranched alkanes of at least 4 members (excludes halogenated alkanes) is 2. The van der Waals surface area contributed by atoms with Gasteiger partial charge in [0.2, 0.25) is 0 Å². The topological polar surface area (TPSA) is 3.24 Å². The van der Waals surface area contributed by atoms with E-state index in [1.807, 2.05) is 0 Å². The summed E-state index contributed by atoms with van der Waals surface area (Å²) in [6, 6.07) is 0.709. The van der Waals surface area contributed by atoms with Crippen molar-refractivity contribution < 1.29 is 0 Å². The molecule has 1 heteroatoms. The molecule has 1 atom stereocenters. The molecule has 15 heavy (non-hydrogen) atoms. The Morgan fingerprint density at radius 1 is 0.933 bits per heavy atom. The quantitative estimate of drug-likeness (QED) is 0.551. The Bertz CT molecular complexity index is 131. The lowest BCUT2D eigenvalue weighted by atomic mass is 10.0. The van der Waals surface area contributed by atoms with Gasteiger partial charge in [0.1, 0.15) is 0 Å². The normalized spacial score (nSPS) is 13.8. The summed E-state index contributed by atoms with van der Waals surface area (Å²) in [7, 11) is 0. The molecule has 1 nitrogen and oxygen atoms in total. The van der Waals surface area contributed by atoms with Crippen molar-refractivity contribution in [1.82, 2.24) is 4.90 Å². The van der Waals surface area contributed by atoms with E-state index in [0.29, 0.717) is 6.04 Å². The van der Waals surface area contributed by atoms with Crippen LogP contribution in [0.25, 0.3) is 0 Å². The van der Waals surface area contributed by atoms with Gasteiger partial charge in [0.15, 0.2) is 0 Å². The van der Waals surface area contributed by atoms with Crippen LogP contribution in [0.1, 0.15) is 66.7 Å². The summed E-state index contributed by atoms with van der Waals surface area (Å²) in [5, 5.41) is 0. The Balaban J connectivity index is 3.81. The fraction of sp³-hybridized carbons (Fsp3) is 1.00. The Morgan fingerprint density at radius 2 is 1.53 bits per heavy atom. The van der Waals surface area contributed by atoms with Crippen molar-refractivity contribution in [1.29, 1.82) is 0 Å². The molecule has 0 fully saturated rings. The van der Waals surface area contributed by atoms with E-state index < -0.39 is 0 Å². The molecule has 1 unspecified atom stereocenters.